The maximum Gasteiger partial charge on any atom is 0.0855 e. The molecule has 2 heteroatoms. The zero-order chi connectivity index (χ0) is 14.1. The molecule has 1 atom stereocenters. The Balaban J connectivity index is 2.68. The molecule has 0 aromatic heterocycles. The fraction of sp³-hybridized carbons (Fsp3) is 0.529. The zero-order valence-electron chi connectivity index (χ0n) is 12.9. The quantitative estimate of drug-likeness (QED) is 0.580. The highest BCUT2D eigenvalue weighted by Crippen LogP contribution is 2.24. The molecule has 1 aromatic carbocycles. The van der Waals surface area contributed by atoms with Crippen molar-refractivity contribution in [2.75, 3.05) is 7.11 Å². The van der Waals surface area contributed by atoms with Crippen LogP contribution in [0, 0.1) is 0 Å². The van der Waals surface area contributed by atoms with Gasteiger partial charge >= 0.3 is 0 Å². The van der Waals surface area contributed by atoms with Crippen LogP contribution in [0.4, 0.5) is 0 Å². The molecule has 0 saturated carbocycles. The lowest BCUT2D eigenvalue weighted by molar-refractivity contribution is 0.106. The Hall–Kier alpha value is -0.863. The molecule has 0 heterocycles. The number of benzene rings is 1. The van der Waals surface area contributed by atoms with Crippen LogP contribution in [0.2, 0.25) is 18.1 Å². The van der Waals surface area contributed by atoms with E-state index in [0.29, 0.717) is 0 Å². The topological polar surface area (TPSA) is 9.23 Å². The molecular weight excluding hydrogens is 248 g/mol. The van der Waals surface area contributed by atoms with Gasteiger partial charge in [-0.2, -0.15) is 0 Å². The average Bonchev–Trinajstić information content (AvgIpc) is 2.49. The molecule has 106 valence electrons. The van der Waals surface area contributed by atoms with Crippen molar-refractivity contribution in [2.45, 2.75) is 51.4 Å². The van der Waals surface area contributed by atoms with Gasteiger partial charge in [0.2, 0.25) is 0 Å². The molecule has 0 aliphatic rings. The van der Waals surface area contributed by atoms with E-state index < -0.39 is 8.07 Å². The first-order valence-corrected chi connectivity index (χ1v) is 10.2. The van der Waals surface area contributed by atoms with Gasteiger partial charge in [-0.3, -0.25) is 0 Å². The van der Waals surface area contributed by atoms with Gasteiger partial charge in [-0.1, -0.05) is 81.0 Å². The van der Waals surface area contributed by atoms with Crippen LogP contribution >= 0.6 is 0 Å². The average molecular weight is 276 g/mol. The molecule has 1 aromatic rings. The highest BCUT2D eigenvalue weighted by molar-refractivity contribution is 6.84. The third-order valence-corrected chi connectivity index (χ3v) is 9.56. The SMILES string of the molecule is CC[Si](/C=C\CC(OC)c1ccccc1)(CC)CC. The lowest BCUT2D eigenvalue weighted by atomic mass is 10.1. The molecule has 1 nitrogen and oxygen atoms in total. The second-order valence-corrected chi connectivity index (χ2v) is 10.4. The van der Waals surface area contributed by atoms with E-state index in [4.69, 9.17) is 4.74 Å². The van der Waals surface area contributed by atoms with E-state index in [1.54, 1.807) is 7.11 Å². The summed E-state index contributed by atoms with van der Waals surface area (Å²) in [7, 11) is 0.667. The van der Waals surface area contributed by atoms with Crippen LogP contribution in [-0.2, 0) is 4.74 Å². The summed E-state index contributed by atoms with van der Waals surface area (Å²) < 4.78 is 5.62. The second-order valence-electron chi connectivity index (χ2n) is 5.20. The molecule has 0 amide bonds. The van der Waals surface area contributed by atoms with Crippen molar-refractivity contribution in [3.05, 3.63) is 47.7 Å². The highest BCUT2D eigenvalue weighted by Gasteiger charge is 2.22. The number of hydrogen-bond donors (Lipinski definition) is 0. The lowest BCUT2D eigenvalue weighted by Gasteiger charge is -2.24. The van der Waals surface area contributed by atoms with Crippen LogP contribution in [0.1, 0.15) is 38.9 Å². The Bertz CT molecular complexity index is 360. The molecule has 0 fully saturated rings. The summed E-state index contributed by atoms with van der Waals surface area (Å²) in [6.07, 6.45) is 3.54. The van der Waals surface area contributed by atoms with Gasteiger partial charge in [0, 0.05) is 7.11 Å². The van der Waals surface area contributed by atoms with Gasteiger partial charge in [-0.25, -0.2) is 0 Å². The molecule has 0 radical (unpaired) electrons. The summed E-state index contributed by atoms with van der Waals surface area (Å²) in [5, 5.41) is 0. The number of ether oxygens (including phenoxy) is 1. The van der Waals surface area contributed by atoms with Crippen molar-refractivity contribution >= 4 is 8.07 Å². The van der Waals surface area contributed by atoms with Crippen molar-refractivity contribution in [1.82, 2.24) is 0 Å². The Morgan fingerprint density at radius 2 is 1.63 bits per heavy atom. The van der Waals surface area contributed by atoms with E-state index in [1.165, 1.54) is 23.7 Å². The summed E-state index contributed by atoms with van der Waals surface area (Å²) in [6, 6.07) is 14.5. The summed E-state index contributed by atoms with van der Waals surface area (Å²) >= 11 is 0. The first-order chi connectivity index (χ1) is 9.21. The van der Waals surface area contributed by atoms with Crippen LogP contribution < -0.4 is 0 Å². The minimum Gasteiger partial charge on any atom is -0.376 e. The van der Waals surface area contributed by atoms with E-state index in [1.807, 2.05) is 0 Å². The Labute approximate surface area is 119 Å². The fourth-order valence-electron chi connectivity index (χ4n) is 2.58. The maximum absolute atomic E-state index is 5.62. The van der Waals surface area contributed by atoms with E-state index in [9.17, 15) is 0 Å². The summed E-state index contributed by atoms with van der Waals surface area (Å²) in [4.78, 5) is 0. The zero-order valence-corrected chi connectivity index (χ0v) is 13.9. The Kier molecular flexibility index (Phi) is 7.10. The van der Waals surface area contributed by atoms with Crippen LogP contribution in [-0.4, -0.2) is 15.2 Å². The monoisotopic (exact) mass is 276 g/mol. The molecule has 0 spiro atoms. The summed E-state index contributed by atoms with van der Waals surface area (Å²) in [6.45, 7) is 7.03. The van der Waals surface area contributed by atoms with Crippen LogP contribution in [0.3, 0.4) is 0 Å². The van der Waals surface area contributed by atoms with Crippen molar-refractivity contribution in [1.29, 1.82) is 0 Å². The molecule has 0 saturated heterocycles. The maximum atomic E-state index is 5.62. The van der Waals surface area contributed by atoms with Crippen molar-refractivity contribution in [3.8, 4) is 0 Å². The molecule has 1 unspecified atom stereocenters. The first-order valence-electron chi connectivity index (χ1n) is 7.46. The van der Waals surface area contributed by atoms with Crippen molar-refractivity contribution in [3.63, 3.8) is 0 Å². The third-order valence-electron chi connectivity index (χ3n) is 4.39. The molecule has 1 rings (SSSR count). The molecule has 0 bridgehead atoms. The van der Waals surface area contributed by atoms with Crippen LogP contribution in [0.25, 0.3) is 0 Å². The molecule has 0 aliphatic heterocycles. The van der Waals surface area contributed by atoms with Crippen LogP contribution in [0.15, 0.2) is 42.1 Å². The van der Waals surface area contributed by atoms with E-state index in [0.717, 1.165) is 6.42 Å². The molecule has 0 N–H and O–H groups in total. The largest absolute Gasteiger partial charge is 0.376 e. The standard InChI is InChI=1S/C17H28OSi/c1-5-19(6-2,7-3)15-11-14-17(18-4)16-12-9-8-10-13-16/h8-13,15,17H,5-7,14H2,1-4H3/b15-11-. The van der Waals surface area contributed by atoms with Gasteiger partial charge in [0.05, 0.1) is 14.2 Å². The molecule has 0 aliphatic carbocycles. The molecular formula is C17H28OSi. The predicted octanol–water partition coefficient (Wildman–Crippen LogP) is 5.37. The minimum absolute atomic E-state index is 0.190. The number of hydrogen-bond acceptors (Lipinski definition) is 1. The van der Waals surface area contributed by atoms with Gasteiger partial charge < -0.3 is 4.74 Å². The highest BCUT2D eigenvalue weighted by atomic mass is 28.3. The Morgan fingerprint density at radius 1 is 1.05 bits per heavy atom. The van der Waals surface area contributed by atoms with Crippen molar-refractivity contribution < 1.29 is 4.74 Å². The number of methoxy groups -OCH3 is 1. The van der Waals surface area contributed by atoms with Crippen LogP contribution in [0.5, 0.6) is 0 Å². The number of rotatable bonds is 8. The smallest absolute Gasteiger partial charge is 0.0855 e. The normalized spacial score (nSPS) is 13.9. The van der Waals surface area contributed by atoms with Crippen molar-refractivity contribution in [2.24, 2.45) is 0 Å². The fourth-order valence-corrected chi connectivity index (χ4v) is 5.42. The predicted molar refractivity (Wildman–Crippen MR) is 87.1 cm³/mol. The third kappa shape index (κ3) is 4.63. The minimum atomic E-state index is -1.13. The summed E-state index contributed by atoms with van der Waals surface area (Å²) in [5.74, 6) is 0. The van der Waals surface area contributed by atoms with E-state index in [-0.39, 0.29) is 6.10 Å². The lowest BCUT2D eigenvalue weighted by Crippen LogP contribution is -2.28. The van der Waals surface area contributed by atoms with Gasteiger partial charge in [0.25, 0.3) is 0 Å². The van der Waals surface area contributed by atoms with E-state index in [2.05, 4.69) is 62.9 Å². The summed E-state index contributed by atoms with van der Waals surface area (Å²) in [5.41, 5.74) is 3.81. The van der Waals surface area contributed by atoms with Gasteiger partial charge in [-0.15, -0.1) is 0 Å². The Morgan fingerprint density at radius 3 is 2.11 bits per heavy atom. The molecule has 19 heavy (non-hydrogen) atoms. The second kappa shape index (κ2) is 8.34. The van der Waals surface area contributed by atoms with Gasteiger partial charge in [0.15, 0.2) is 0 Å². The van der Waals surface area contributed by atoms with Gasteiger partial charge in [0.1, 0.15) is 0 Å². The van der Waals surface area contributed by atoms with E-state index >= 15 is 0 Å². The first kappa shape index (κ1) is 16.2. The van der Waals surface area contributed by atoms with Gasteiger partial charge in [-0.05, 0) is 12.0 Å².